The van der Waals surface area contributed by atoms with Crippen molar-refractivity contribution in [3.63, 3.8) is 0 Å². The van der Waals surface area contributed by atoms with E-state index in [9.17, 15) is 4.79 Å². The molecule has 0 bridgehead atoms. The van der Waals surface area contributed by atoms with Crippen molar-refractivity contribution in [1.29, 1.82) is 0 Å². The monoisotopic (exact) mass is 259 g/mol. The van der Waals surface area contributed by atoms with Gasteiger partial charge in [0.15, 0.2) is 5.82 Å². The molecule has 1 heterocycles. The molecule has 0 spiro atoms. The first kappa shape index (κ1) is 13.9. The van der Waals surface area contributed by atoms with Crippen LogP contribution in [-0.2, 0) is 9.53 Å². The van der Waals surface area contributed by atoms with E-state index in [1.54, 1.807) is 7.11 Å². The van der Waals surface area contributed by atoms with E-state index in [1.165, 1.54) is 0 Å². The molecule has 6 nitrogen and oxygen atoms in total. The zero-order valence-corrected chi connectivity index (χ0v) is 11.0. The maximum atomic E-state index is 11.0. The van der Waals surface area contributed by atoms with Crippen LogP contribution < -0.4 is 5.32 Å². The fourth-order valence-electron chi connectivity index (χ4n) is 1.26. The van der Waals surface area contributed by atoms with Gasteiger partial charge in [-0.1, -0.05) is 13.3 Å². The van der Waals surface area contributed by atoms with Crippen LogP contribution in [0.25, 0.3) is 0 Å². The third-order valence-electron chi connectivity index (χ3n) is 2.33. The lowest BCUT2D eigenvalue weighted by molar-refractivity contribution is -0.138. The van der Waals surface area contributed by atoms with E-state index in [1.807, 2.05) is 13.8 Å². The normalized spacial score (nSPS) is 14.3. The molecule has 1 rings (SSSR count). The maximum absolute atomic E-state index is 11.0. The van der Waals surface area contributed by atoms with Crippen LogP contribution in [0.4, 0.5) is 5.13 Å². The van der Waals surface area contributed by atoms with Crippen molar-refractivity contribution >= 4 is 22.6 Å². The van der Waals surface area contributed by atoms with Crippen LogP contribution in [-0.4, -0.2) is 33.6 Å². The lowest BCUT2D eigenvalue weighted by Gasteiger charge is -2.11. The van der Waals surface area contributed by atoms with Gasteiger partial charge in [-0.2, -0.15) is 4.37 Å². The minimum absolute atomic E-state index is 0.184. The molecule has 0 radical (unpaired) electrons. The van der Waals surface area contributed by atoms with Crippen molar-refractivity contribution in [2.75, 3.05) is 12.4 Å². The molecule has 0 fully saturated rings. The highest BCUT2D eigenvalue weighted by atomic mass is 32.1. The van der Waals surface area contributed by atoms with Crippen molar-refractivity contribution in [2.45, 2.75) is 38.8 Å². The fourth-order valence-corrected chi connectivity index (χ4v) is 1.96. The van der Waals surface area contributed by atoms with Crippen molar-refractivity contribution < 1.29 is 14.6 Å². The van der Waals surface area contributed by atoms with Crippen LogP contribution in [0.3, 0.4) is 0 Å². The van der Waals surface area contributed by atoms with Gasteiger partial charge in [-0.15, -0.1) is 0 Å². The maximum Gasteiger partial charge on any atom is 0.326 e. The number of methoxy groups -OCH3 is 1. The van der Waals surface area contributed by atoms with E-state index in [0.717, 1.165) is 18.0 Å². The van der Waals surface area contributed by atoms with Gasteiger partial charge in [0.2, 0.25) is 5.13 Å². The highest BCUT2D eigenvalue weighted by Crippen LogP contribution is 2.19. The summed E-state index contributed by atoms with van der Waals surface area (Å²) in [6.07, 6.45) is 1.17. The van der Waals surface area contributed by atoms with E-state index in [0.29, 0.717) is 17.4 Å². The van der Waals surface area contributed by atoms with Crippen LogP contribution in [0.2, 0.25) is 0 Å². The fraction of sp³-hybridized carbons (Fsp3) is 0.700. The van der Waals surface area contributed by atoms with Crippen molar-refractivity contribution in [2.24, 2.45) is 0 Å². The van der Waals surface area contributed by atoms with Gasteiger partial charge in [-0.3, -0.25) is 0 Å². The molecule has 2 unspecified atom stereocenters. The molecular formula is C10H17N3O3S. The van der Waals surface area contributed by atoms with Crippen molar-refractivity contribution in [3.8, 4) is 0 Å². The largest absolute Gasteiger partial charge is 0.480 e. The van der Waals surface area contributed by atoms with Gasteiger partial charge < -0.3 is 15.2 Å². The van der Waals surface area contributed by atoms with Crippen LogP contribution in [0.15, 0.2) is 0 Å². The molecule has 2 atom stereocenters. The number of carboxylic acid groups (broad SMARTS) is 1. The molecule has 0 aliphatic rings. The van der Waals surface area contributed by atoms with Gasteiger partial charge in [0.1, 0.15) is 12.1 Å². The molecule has 96 valence electrons. The molecule has 0 aliphatic heterocycles. The second kappa shape index (κ2) is 6.51. The molecule has 0 amide bonds. The second-order valence-corrected chi connectivity index (χ2v) is 4.41. The topological polar surface area (TPSA) is 84.3 Å². The van der Waals surface area contributed by atoms with E-state index in [2.05, 4.69) is 14.7 Å². The van der Waals surface area contributed by atoms with E-state index in [4.69, 9.17) is 9.84 Å². The summed E-state index contributed by atoms with van der Waals surface area (Å²) in [5.41, 5.74) is 0. The summed E-state index contributed by atoms with van der Waals surface area (Å²) >= 11 is 1.15. The molecule has 0 saturated carbocycles. The van der Waals surface area contributed by atoms with Crippen LogP contribution in [0.1, 0.15) is 38.6 Å². The van der Waals surface area contributed by atoms with Gasteiger partial charge in [0.25, 0.3) is 0 Å². The van der Waals surface area contributed by atoms with Crippen molar-refractivity contribution in [3.05, 3.63) is 5.82 Å². The van der Waals surface area contributed by atoms with E-state index >= 15 is 0 Å². The summed E-state index contributed by atoms with van der Waals surface area (Å²) in [5.74, 6) is -0.302. The van der Waals surface area contributed by atoms with Gasteiger partial charge in [-0.05, 0) is 13.3 Å². The summed E-state index contributed by atoms with van der Waals surface area (Å²) in [5, 5.41) is 12.4. The number of aromatic nitrogens is 2. The molecule has 2 N–H and O–H groups in total. The first-order valence-electron chi connectivity index (χ1n) is 5.44. The first-order chi connectivity index (χ1) is 8.08. The van der Waals surface area contributed by atoms with E-state index < -0.39 is 12.0 Å². The lowest BCUT2D eigenvalue weighted by Crippen LogP contribution is -2.28. The molecule has 17 heavy (non-hydrogen) atoms. The standard InChI is InChI=1S/C10H17N3O3S/c1-4-5-7(9(14)15)11-10-12-8(13-17-10)6(2)16-3/h6-7H,4-5H2,1-3H3,(H,14,15)(H,11,12,13). The minimum Gasteiger partial charge on any atom is -0.480 e. The Labute approximate surface area is 104 Å². The molecule has 0 aromatic carbocycles. The minimum atomic E-state index is -0.872. The van der Waals surface area contributed by atoms with Gasteiger partial charge >= 0.3 is 5.97 Å². The number of rotatable bonds is 7. The first-order valence-corrected chi connectivity index (χ1v) is 6.21. The number of hydrogen-bond donors (Lipinski definition) is 2. The Morgan fingerprint density at radius 1 is 1.65 bits per heavy atom. The number of hydrogen-bond acceptors (Lipinski definition) is 6. The average molecular weight is 259 g/mol. The van der Waals surface area contributed by atoms with Gasteiger partial charge in [0.05, 0.1) is 0 Å². The molecule has 0 aliphatic carbocycles. The Kier molecular flexibility index (Phi) is 5.30. The van der Waals surface area contributed by atoms with Gasteiger partial charge in [0, 0.05) is 18.6 Å². The number of carboxylic acids is 1. The summed E-state index contributed by atoms with van der Waals surface area (Å²) in [6, 6.07) is -0.612. The number of aliphatic carboxylic acids is 1. The zero-order chi connectivity index (χ0) is 12.8. The van der Waals surface area contributed by atoms with Gasteiger partial charge in [-0.25, -0.2) is 9.78 Å². The summed E-state index contributed by atoms with van der Waals surface area (Å²) in [4.78, 5) is 15.2. The molecular weight excluding hydrogens is 242 g/mol. The summed E-state index contributed by atoms with van der Waals surface area (Å²) < 4.78 is 9.20. The summed E-state index contributed by atoms with van der Waals surface area (Å²) in [6.45, 7) is 3.78. The Balaban J connectivity index is 2.66. The van der Waals surface area contributed by atoms with Crippen LogP contribution >= 0.6 is 11.5 Å². The van der Waals surface area contributed by atoms with Crippen molar-refractivity contribution in [1.82, 2.24) is 9.36 Å². The van der Waals surface area contributed by atoms with Crippen LogP contribution in [0.5, 0.6) is 0 Å². The average Bonchev–Trinajstić information content (AvgIpc) is 2.76. The number of nitrogens with one attached hydrogen (secondary N) is 1. The number of carbonyl (C=O) groups is 1. The highest BCUT2D eigenvalue weighted by Gasteiger charge is 2.19. The SMILES string of the molecule is CCCC(Nc1nc(C(C)OC)ns1)C(=O)O. The molecule has 1 aromatic rings. The Bertz CT molecular complexity index is 369. The number of ether oxygens (including phenoxy) is 1. The highest BCUT2D eigenvalue weighted by molar-refractivity contribution is 7.09. The van der Waals surface area contributed by atoms with E-state index in [-0.39, 0.29) is 6.10 Å². The number of nitrogens with zero attached hydrogens (tertiary/aromatic N) is 2. The second-order valence-electron chi connectivity index (χ2n) is 3.66. The molecule has 0 saturated heterocycles. The Morgan fingerprint density at radius 3 is 2.88 bits per heavy atom. The predicted octanol–water partition coefficient (Wildman–Crippen LogP) is 1.91. The molecule has 7 heteroatoms. The third-order valence-corrected chi connectivity index (χ3v) is 2.99. The molecule has 1 aromatic heterocycles. The predicted molar refractivity (Wildman–Crippen MR) is 65.3 cm³/mol. The quantitative estimate of drug-likeness (QED) is 0.778. The van der Waals surface area contributed by atoms with Crippen LogP contribution in [0, 0.1) is 0 Å². The Morgan fingerprint density at radius 2 is 2.35 bits per heavy atom. The lowest BCUT2D eigenvalue weighted by atomic mass is 10.2. The third kappa shape index (κ3) is 3.94. The summed E-state index contributed by atoms with van der Waals surface area (Å²) in [7, 11) is 1.58. The number of anilines is 1. The zero-order valence-electron chi connectivity index (χ0n) is 10.1. The Hall–Kier alpha value is -1.21. The smallest absolute Gasteiger partial charge is 0.326 e.